The molecule has 0 amide bonds. The molecule has 0 bridgehead atoms. The van der Waals surface area contributed by atoms with E-state index in [-0.39, 0.29) is 17.5 Å². The lowest BCUT2D eigenvalue weighted by molar-refractivity contribution is -0.145. The molecule has 0 radical (unpaired) electrons. The van der Waals surface area contributed by atoms with Gasteiger partial charge in [0.25, 0.3) is 0 Å². The van der Waals surface area contributed by atoms with Gasteiger partial charge in [-0.1, -0.05) is 26.7 Å². The van der Waals surface area contributed by atoms with Crippen LogP contribution in [0.4, 0.5) is 0 Å². The molecule has 2 saturated carbocycles. The van der Waals surface area contributed by atoms with Crippen LogP contribution >= 0.6 is 0 Å². The Labute approximate surface area is 108 Å². The smallest absolute Gasteiger partial charge is 0.334 e. The molecule has 1 unspecified atom stereocenters. The second-order valence-corrected chi connectivity index (χ2v) is 6.51. The zero-order valence-corrected chi connectivity index (χ0v) is 11.4. The van der Waals surface area contributed by atoms with E-state index >= 15 is 0 Å². The van der Waals surface area contributed by atoms with E-state index in [1.165, 1.54) is 12.8 Å². The summed E-state index contributed by atoms with van der Waals surface area (Å²) in [6.07, 6.45) is 3.79. The van der Waals surface area contributed by atoms with Gasteiger partial charge in [-0.05, 0) is 31.6 Å². The average Bonchev–Trinajstić information content (AvgIpc) is 2.60. The first-order valence-corrected chi connectivity index (χ1v) is 7.06. The highest BCUT2D eigenvalue weighted by Gasteiger charge is 2.56. The molecule has 100 valence electrons. The number of ether oxygens (including phenoxy) is 1. The second kappa shape index (κ2) is 3.83. The average molecular weight is 250 g/mol. The van der Waals surface area contributed by atoms with E-state index in [1.54, 1.807) is 6.92 Å². The minimum absolute atomic E-state index is 0.0840. The summed E-state index contributed by atoms with van der Waals surface area (Å²) in [5.74, 6) is 0.746. The Morgan fingerprint density at radius 3 is 2.83 bits per heavy atom. The molecular weight excluding hydrogens is 228 g/mol. The topological polar surface area (TPSA) is 46.5 Å². The van der Waals surface area contributed by atoms with Gasteiger partial charge in [0.15, 0.2) is 0 Å². The van der Waals surface area contributed by atoms with Crippen LogP contribution in [0.3, 0.4) is 0 Å². The van der Waals surface area contributed by atoms with Gasteiger partial charge in [-0.2, -0.15) is 0 Å². The van der Waals surface area contributed by atoms with E-state index in [0.29, 0.717) is 17.4 Å². The van der Waals surface area contributed by atoms with Crippen molar-refractivity contribution in [2.45, 2.75) is 58.7 Å². The van der Waals surface area contributed by atoms with Crippen LogP contribution in [-0.2, 0) is 9.53 Å². The number of esters is 1. The van der Waals surface area contributed by atoms with Crippen molar-refractivity contribution in [3.63, 3.8) is 0 Å². The third-order valence-corrected chi connectivity index (χ3v) is 5.85. The van der Waals surface area contributed by atoms with Gasteiger partial charge in [0.1, 0.15) is 6.10 Å². The van der Waals surface area contributed by atoms with Crippen LogP contribution in [0, 0.1) is 17.3 Å². The van der Waals surface area contributed by atoms with E-state index in [1.807, 2.05) is 0 Å². The summed E-state index contributed by atoms with van der Waals surface area (Å²) in [4.78, 5) is 11.7. The van der Waals surface area contributed by atoms with Crippen molar-refractivity contribution in [2.75, 3.05) is 0 Å². The Balaban J connectivity index is 2.04. The zero-order valence-electron chi connectivity index (χ0n) is 11.4. The van der Waals surface area contributed by atoms with E-state index in [4.69, 9.17) is 4.74 Å². The number of fused-ring (bicyclic) bond motifs is 2. The van der Waals surface area contributed by atoms with Crippen molar-refractivity contribution < 1.29 is 14.6 Å². The maximum Gasteiger partial charge on any atom is 0.334 e. The highest BCUT2D eigenvalue weighted by Crippen LogP contribution is 2.56. The number of aliphatic hydroxyl groups is 1. The van der Waals surface area contributed by atoms with Gasteiger partial charge in [0.05, 0.1) is 6.10 Å². The fourth-order valence-electron chi connectivity index (χ4n) is 4.35. The van der Waals surface area contributed by atoms with Crippen LogP contribution in [0.25, 0.3) is 0 Å². The van der Waals surface area contributed by atoms with Gasteiger partial charge in [0.2, 0.25) is 0 Å². The quantitative estimate of drug-likeness (QED) is 0.672. The number of aliphatic hydroxyl groups excluding tert-OH is 1. The molecule has 3 aliphatic rings. The van der Waals surface area contributed by atoms with Crippen LogP contribution in [0.15, 0.2) is 11.1 Å². The Morgan fingerprint density at radius 1 is 1.39 bits per heavy atom. The van der Waals surface area contributed by atoms with E-state index in [9.17, 15) is 9.90 Å². The van der Waals surface area contributed by atoms with Gasteiger partial charge in [-0.3, -0.25) is 0 Å². The van der Waals surface area contributed by atoms with Crippen LogP contribution in [-0.4, -0.2) is 23.3 Å². The molecule has 0 aromatic rings. The predicted molar refractivity (Wildman–Crippen MR) is 67.8 cm³/mol. The van der Waals surface area contributed by atoms with Gasteiger partial charge in [-0.15, -0.1) is 0 Å². The first-order valence-electron chi connectivity index (χ1n) is 7.06. The van der Waals surface area contributed by atoms with Gasteiger partial charge >= 0.3 is 5.97 Å². The fourth-order valence-corrected chi connectivity index (χ4v) is 4.35. The van der Waals surface area contributed by atoms with E-state index < -0.39 is 6.10 Å². The molecule has 0 aromatic heterocycles. The molecule has 5 atom stereocenters. The SMILES string of the molecule is CC1=C2[C@H](CC3CCC[C@H](C)[C@@]3(C)[C@H]2O)OC1=O. The largest absolute Gasteiger partial charge is 0.454 e. The molecule has 3 nitrogen and oxygen atoms in total. The molecule has 0 aromatic carbocycles. The monoisotopic (exact) mass is 250 g/mol. The number of carbonyl (C=O) groups excluding carboxylic acids is 1. The lowest BCUT2D eigenvalue weighted by Gasteiger charge is -2.53. The molecule has 1 aliphatic heterocycles. The first kappa shape index (κ1) is 12.2. The Kier molecular flexibility index (Phi) is 2.60. The maximum absolute atomic E-state index is 11.7. The highest BCUT2D eigenvalue weighted by atomic mass is 16.5. The number of hydrogen-bond acceptors (Lipinski definition) is 3. The fraction of sp³-hybridized carbons (Fsp3) is 0.800. The molecule has 1 heterocycles. The summed E-state index contributed by atoms with van der Waals surface area (Å²) >= 11 is 0. The number of rotatable bonds is 0. The summed E-state index contributed by atoms with van der Waals surface area (Å²) < 4.78 is 5.40. The second-order valence-electron chi connectivity index (χ2n) is 6.51. The van der Waals surface area contributed by atoms with Gasteiger partial charge in [-0.25, -0.2) is 4.79 Å². The summed E-state index contributed by atoms with van der Waals surface area (Å²) in [6.45, 7) is 6.23. The number of hydrogen-bond donors (Lipinski definition) is 1. The first-order chi connectivity index (χ1) is 8.46. The summed E-state index contributed by atoms with van der Waals surface area (Å²) in [5, 5.41) is 10.8. The maximum atomic E-state index is 11.7. The lowest BCUT2D eigenvalue weighted by atomic mass is 9.53. The van der Waals surface area contributed by atoms with Crippen LogP contribution in [0.1, 0.15) is 46.5 Å². The highest BCUT2D eigenvalue weighted by molar-refractivity contribution is 5.92. The van der Waals surface area contributed by atoms with Crippen molar-refractivity contribution in [3.05, 3.63) is 11.1 Å². The third kappa shape index (κ3) is 1.37. The van der Waals surface area contributed by atoms with Crippen molar-refractivity contribution in [3.8, 4) is 0 Å². The van der Waals surface area contributed by atoms with Crippen molar-refractivity contribution in [2.24, 2.45) is 17.3 Å². The minimum atomic E-state index is -0.511. The molecule has 3 heteroatoms. The zero-order chi connectivity index (χ0) is 13.1. The van der Waals surface area contributed by atoms with Crippen LogP contribution in [0.5, 0.6) is 0 Å². The molecule has 1 N–H and O–H groups in total. The van der Waals surface area contributed by atoms with Gasteiger partial charge < -0.3 is 9.84 Å². The summed E-state index contributed by atoms with van der Waals surface area (Å²) in [5.41, 5.74) is 1.43. The van der Waals surface area contributed by atoms with Crippen LogP contribution < -0.4 is 0 Å². The van der Waals surface area contributed by atoms with E-state index in [0.717, 1.165) is 18.4 Å². The summed E-state index contributed by atoms with van der Waals surface area (Å²) in [6, 6.07) is 0. The minimum Gasteiger partial charge on any atom is -0.454 e. The standard InChI is InChI=1S/C15H22O3/c1-8-5-4-6-10-7-11-12(9(2)14(17)18-11)13(16)15(8,10)3/h8,10-11,13,16H,4-7H2,1-3H3/t8-,10?,11-,13-,15+/m0/s1. The Hall–Kier alpha value is -0.830. The molecule has 2 fully saturated rings. The van der Waals surface area contributed by atoms with E-state index in [2.05, 4.69) is 13.8 Å². The van der Waals surface area contributed by atoms with Crippen molar-refractivity contribution in [1.82, 2.24) is 0 Å². The predicted octanol–water partition coefficient (Wildman–Crippen LogP) is 2.44. The Bertz CT molecular complexity index is 425. The van der Waals surface area contributed by atoms with Crippen molar-refractivity contribution >= 4 is 5.97 Å². The molecule has 2 aliphatic carbocycles. The molecule has 0 spiro atoms. The van der Waals surface area contributed by atoms with Gasteiger partial charge in [0, 0.05) is 16.6 Å². The molecule has 18 heavy (non-hydrogen) atoms. The summed E-state index contributed by atoms with van der Waals surface area (Å²) in [7, 11) is 0. The van der Waals surface area contributed by atoms with Crippen molar-refractivity contribution in [1.29, 1.82) is 0 Å². The normalized spacial score (nSPS) is 47.7. The molecule has 3 rings (SSSR count). The van der Waals surface area contributed by atoms with Crippen LogP contribution in [0.2, 0.25) is 0 Å². The molecule has 0 saturated heterocycles. The Morgan fingerprint density at radius 2 is 2.11 bits per heavy atom. The third-order valence-electron chi connectivity index (χ3n) is 5.85. The number of carbonyl (C=O) groups is 1. The molecular formula is C15H22O3. The lowest BCUT2D eigenvalue weighted by Crippen LogP contribution is -2.53.